The monoisotopic (exact) mass is 228 g/mol. The third-order valence-electron chi connectivity index (χ3n) is 1.51. The minimum absolute atomic E-state index is 0. The maximum atomic E-state index is 9.05. The zero-order valence-corrected chi connectivity index (χ0v) is 10.0. The Balaban J connectivity index is 0.00000196. The van der Waals surface area contributed by atoms with E-state index in [0.29, 0.717) is 0 Å². The third-order valence-corrected chi connectivity index (χ3v) is 1.51. The molecular weight excluding hydrogens is 212 g/mol. The Labute approximate surface area is 96.6 Å². The predicted molar refractivity (Wildman–Crippen MR) is 65.8 cm³/mol. The molecule has 0 saturated heterocycles. The van der Waals surface area contributed by atoms with Crippen LogP contribution in [0, 0.1) is 0 Å². The fourth-order valence-electron chi connectivity index (χ4n) is 0.861. The van der Waals surface area contributed by atoms with Crippen LogP contribution in [0.1, 0.15) is 26.3 Å². The summed E-state index contributed by atoms with van der Waals surface area (Å²) in [7, 11) is 0. The number of hydrazone groups is 1. The first kappa shape index (κ1) is 13.8. The van der Waals surface area contributed by atoms with Gasteiger partial charge in [-0.1, -0.05) is 0 Å². The van der Waals surface area contributed by atoms with Crippen LogP contribution in [-0.2, 0) is 0 Å². The number of phenols is 1. The van der Waals surface area contributed by atoms with Gasteiger partial charge < -0.3 is 10.5 Å². The average Bonchev–Trinajstić information content (AvgIpc) is 2.06. The maximum absolute atomic E-state index is 9.05. The Hall–Kier alpha value is -1.22. The molecule has 1 rings (SSSR count). The highest BCUT2D eigenvalue weighted by Crippen LogP contribution is 2.07. The van der Waals surface area contributed by atoms with Gasteiger partial charge in [-0.15, -0.1) is 12.4 Å². The molecule has 0 aromatic heterocycles. The molecule has 0 aliphatic carbocycles. The molecule has 0 radical (unpaired) electrons. The SMILES string of the molecule is CC(C)(C)N/N=C/c1ccc(O)cc1.Cl. The molecule has 0 unspecified atom stereocenters. The van der Waals surface area contributed by atoms with Crippen molar-refractivity contribution in [2.24, 2.45) is 5.10 Å². The highest BCUT2D eigenvalue weighted by atomic mass is 35.5. The number of nitrogens with one attached hydrogen (secondary N) is 1. The predicted octanol–water partition coefficient (Wildman–Crippen LogP) is 2.54. The molecule has 0 fully saturated rings. The van der Waals surface area contributed by atoms with Crippen molar-refractivity contribution in [1.82, 2.24) is 5.43 Å². The van der Waals surface area contributed by atoms with Crippen molar-refractivity contribution in [2.75, 3.05) is 0 Å². The van der Waals surface area contributed by atoms with Gasteiger partial charge in [0.05, 0.1) is 6.21 Å². The molecule has 0 atom stereocenters. The van der Waals surface area contributed by atoms with Crippen LogP contribution in [0.15, 0.2) is 29.4 Å². The molecule has 0 bridgehead atoms. The number of halogens is 1. The summed E-state index contributed by atoms with van der Waals surface area (Å²) in [6.45, 7) is 6.13. The van der Waals surface area contributed by atoms with Crippen LogP contribution in [-0.4, -0.2) is 16.9 Å². The van der Waals surface area contributed by atoms with Crippen LogP contribution in [0.25, 0.3) is 0 Å². The fourth-order valence-corrected chi connectivity index (χ4v) is 0.861. The van der Waals surface area contributed by atoms with Crippen LogP contribution in [0.3, 0.4) is 0 Å². The molecule has 84 valence electrons. The van der Waals surface area contributed by atoms with Crippen molar-refractivity contribution < 1.29 is 5.11 Å². The van der Waals surface area contributed by atoms with Gasteiger partial charge in [0.25, 0.3) is 0 Å². The maximum Gasteiger partial charge on any atom is 0.115 e. The van der Waals surface area contributed by atoms with Crippen molar-refractivity contribution in [2.45, 2.75) is 26.3 Å². The highest BCUT2D eigenvalue weighted by molar-refractivity contribution is 5.85. The van der Waals surface area contributed by atoms with Crippen molar-refractivity contribution >= 4 is 18.6 Å². The van der Waals surface area contributed by atoms with E-state index in [9.17, 15) is 0 Å². The van der Waals surface area contributed by atoms with E-state index in [1.54, 1.807) is 18.3 Å². The van der Waals surface area contributed by atoms with Crippen molar-refractivity contribution in [3.8, 4) is 5.75 Å². The molecule has 1 aromatic rings. The van der Waals surface area contributed by atoms with Gasteiger partial charge in [-0.25, -0.2) is 0 Å². The second-order valence-corrected chi connectivity index (χ2v) is 4.21. The topological polar surface area (TPSA) is 44.6 Å². The standard InChI is InChI=1S/C11H16N2O.ClH/c1-11(2,3)13-12-8-9-4-6-10(14)7-5-9;/h4-8,13-14H,1-3H3;1H/b12-8+;. The van der Waals surface area contributed by atoms with Gasteiger partial charge in [0.2, 0.25) is 0 Å². The molecule has 0 aliphatic rings. The van der Waals surface area contributed by atoms with E-state index in [1.165, 1.54) is 0 Å². The lowest BCUT2D eigenvalue weighted by atomic mass is 10.1. The van der Waals surface area contributed by atoms with Crippen LogP contribution >= 0.6 is 12.4 Å². The summed E-state index contributed by atoms with van der Waals surface area (Å²) >= 11 is 0. The van der Waals surface area contributed by atoms with Crippen LogP contribution in [0.5, 0.6) is 5.75 Å². The lowest BCUT2D eigenvalue weighted by Gasteiger charge is -2.16. The molecule has 1 aromatic carbocycles. The van der Waals surface area contributed by atoms with Crippen LogP contribution in [0.4, 0.5) is 0 Å². The minimum atomic E-state index is -0.0204. The number of benzene rings is 1. The van der Waals surface area contributed by atoms with E-state index in [0.717, 1.165) is 5.56 Å². The van der Waals surface area contributed by atoms with E-state index in [2.05, 4.69) is 10.5 Å². The van der Waals surface area contributed by atoms with E-state index in [1.807, 2.05) is 32.9 Å². The first-order valence-electron chi connectivity index (χ1n) is 4.57. The number of hydrogen-bond acceptors (Lipinski definition) is 3. The average molecular weight is 229 g/mol. The normalized spacial score (nSPS) is 11.1. The lowest BCUT2D eigenvalue weighted by Crippen LogP contribution is -2.31. The van der Waals surface area contributed by atoms with E-state index < -0.39 is 0 Å². The molecule has 0 aliphatic heterocycles. The van der Waals surface area contributed by atoms with E-state index in [-0.39, 0.29) is 23.7 Å². The second-order valence-electron chi connectivity index (χ2n) is 4.21. The lowest BCUT2D eigenvalue weighted by molar-refractivity contribution is 0.442. The zero-order valence-electron chi connectivity index (χ0n) is 9.19. The minimum Gasteiger partial charge on any atom is -0.508 e. The smallest absolute Gasteiger partial charge is 0.115 e. The largest absolute Gasteiger partial charge is 0.508 e. The Morgan fingerprint density at radius 3 is 2.20 bits per heavy atom. The van der Waals surface area contributed by atoms with Crippen molar-refractivity contribution in [3.05, 3.63) is 29.8 Å². The Morgan fingerprint density at radius 1 is 1.20 bits per heavy atom. The molecule has 15 heavy (non-hydrogen) atoms. The van der Waals surface area contributed by atoms with Gasteiger partial charge in [-0.2, -0.15) is 5.10 Å². The molecule has 0 amide bonds. The zero-order chi connectivity index (χ0) is 10.6. The number of aromatic hydroxyl groups is 1. The molecule has 3 nitrogen and oxygen atoms in total. The van der Waals surface area contributed by atoms with Crippen LogP contribution in [0.2, 0.25) is 0 Å². The molecule has 2 N–H and O–H groups in total. The number of rotatable bonds is 2. The number of phenolic OH excluding ortho intramolecular Hbond substituents is 1. The third kappa shape index (κ3) is 5.96. The molecule has 0 spiro atoms. The van der Waals surface area contributed by atoms with Gasteiger partial charge in [-0.05, 0) is 50.6 Å². The summed E-state index contributed by atoms with van der Waals surface area (Å²) in [5.41, 5.74) is 3.93. The first-order chi connectivity index (χ1) is 6.47. The van der Waals surface area contributed by atoms with Crippen LogP contribution < -0.4 is 5.43 Å². The molecule has 0 heterocycles. The highest BCUT2D eigenvalue weighted by Gasteiger charge is 2.05. The fraction of sp³-hybridized carbons (Fsp3) is 0.364. The molecular formula is C11H17ClN2O. The first-order valence-corrected chi connectivity index (χ1v) is 4.57. The van der Waals surface area contributed by atoms with E-state index >= 15 is 0 Å². The number of hydrogen-bond donors (Lipinski definition) is 2. The second kappa shape index (κ2) is 5.61. The summed E-state index contributed by atoms with van der Waals surface area (Å²) < 4.78 is 0. The summed E-state index contributed by atoms with van der Waals surface area (Å²) in [4.78, 5) is 0. The molecule has 0 saturated carbocycles. The van der Waals surface area contributed by atoms with Gasteiger partial charge in [0, 0.05) is 5.54 Å². The van der Waals surface area contributed by atoms with Gasteiger partial charge in [-0.3, -0.25) is 0 Å². The summed E-state index contributed by atoms with van der Waals surface area (Å²) in [6.07, 6.45) is 1.73. The van der Waals surface area contributed by atoms with E-state index in [4.69, 9.17) is 5.11 Å². The number of nitrogens with zero attached hydrogens (tertiary/aromatic N) is 1. The van der Waals surface area contributed by atoms with Crippen molar-refractivity contribution in [1.29, 1.82) is 0 Å². The Kier molecular flexibility index (Phi) is 5.15. The summed E-state index contributed by atoms with van der Waals surface area (Å²) in [6, 6.07) is 6.89. The van der Waals surface area contributed by atoms with Gasteiger partial charge >= 0.3 is 0 Å². The van der Waals surface area contributed by atoms with Crippen molar-refractivity contribution in [3.63, 3.8) is 0 Å². The summed E-state index contributed by atoms with van der Waals surface area (Å²) in [5.74, 6) is 0.269. The Morgan fingerprint density at radius 2 is 1.73 bits per heavy atom. The Bertz CT molecular complexity index is 314. The quantitative estimate of drug-likeness (QED) is 0.604. The van der Waals surface area contributed by atoms with Gasteiger partial charge in [0.15, 0.2) is 0 Å². The molecule has 4 heteroatoms. The van der Waals surface area contributed by atoms with Gasteiger partial charge in [0.1, 0.15) is 5.75 Å². The summed E-state index contributed by atoms with van der Waals surface area (Å²) in [5, 5.41) is 13.1.